The van der Waals surface area contributed by atoms with Crippen LogP contribution < -0.4 is 0 Å². The molecule has 0 saturated carbocycles. The summed E-state index contributed by atoms with van der Waals surface area (Å²) in [5, 5.41) is 0. The molecule has 16 heavy (non-hydrogen) atoms. The zero-order chi connectivity index (χ0) is 11.4. The van der Waals surface area contributed by atoms with Crippen LogP contribution in [0.4, 0.5) is 0 Å². The number of rotatable bonds is 3. The molecule has 1 fully saturated rings. The number of nitrogens with zero attached hydrogens (tertiary/aromatic N) is 1. The predicted molar refractivity (Wildman–Crippen MR) is 70.1 cm³/mol. The van der Waals surface area contributed by atoms with Crippen LogP contribution in [0.2, 0.25) is 0 Å². The van der Waals surface area contributed by atoms with E-state index in [1.54, 1.807) is 0 Å². The van der Waals surface area contributed by atoms with Crippen molar-refractivity contribution in [2.45, 2.75) is 38.1 Å². The van der Waals surface area contributed by atoms with Gasteiger partial charge in [0.2, 0.25) is 0 Å². The van der Waals surface area contributed by atoms with E-state index in [-0.39, 0.29) is 0 Å². The molecule has 0 aromatic carbocycles. The fraction of sp³-hybridized carbons (Fsp3) is 0.467. The summed E-state index contributed by atoms with van der Waals surface area (Å²) in [5.41, 5.74) is 2.78. The largest absolute Gasteiger partial charge is 0.368 e. The third kappa shape index (κ3) is 2.13. The lowest BCUT2D eigenvalue weighted by molar-refractivity contribution is 0.177. The van der Waals surface area contributed by atoms with Gasteiger partial charge in [-0.25, -0.2) is 0 Å². The smallest absolute Gasteiger partial charge is 0.0395 e. The first-order chi connectivity index (χ1) is 7.86. The second-order valence-corrected chi connectivity index (χ2v) is 4.59. The Morgan fingerprint density at radius 3 is 2.81 bits per heavy atom. The maximum absolute atomic E-state index is 3.97. The third-order valence-electron chi connectivity index (χ3n) is 3.64. The monoisotopic (exact) mass is 215 g/mol. The summed E-state index contributed by atoms with van der Waals surface area (Å²) in [4.78, 5) is 2.56. The van der Waals surface area contributed by atoms with Gasteiger partial charge >= 0.3 is 0 Å². The summed E-state index contributed by atoms with van der Waals surface area (Å²) in [6, 6.07) is 0.766. The first-order valence-corrected chi connectivity index (χ1v) is 6.28. The van der Waals surface area contributed by atoms with Gasteiger partial charge < -0.3 is 4.90 Å². The van der Waals surface area contributed by atoms with Crippen molar-refractivity contribution in [2.75, 3.05) is 6.54 Å². The van der Waals surface area contributed by atoms with Crippen LogP contribution in [-0.4, -0.2) is 17.5 Å². The Balaban J connectivity index is 2.26. The molecule has 86 valence electrons. The highest BCUT2D eigenvalue weighted by atomic mass is 15.2. The van der Waals surface area contributed by atoms with Gasteiger partial charge in [-0.15, -0.1) is 0 Å². The second kappa shape index (κ2) is 5.20. The van der Waals surface area contributed by atoms with Gasteiger partial charge in [0.25, 0.3) is 0 Å². The predicted octanol–water partition coefficient (Wildman–Crippen LogP) is 3.82. The average Bonchev–Trinajstić information content (AvgIpc) is 2.35. The zero-order valence-corrected chi connectivity index (χ0v) is 9.99. The van der Waals surface area contributed by atoms with Crippen LogP contribution in [0.15, 0.2) is 48.7 Å². The van der Waals surface area contributed by atoms with E-state index in [9.17, 15) is 0 Å². The number of hydrogen-bond acceptors (Lipinski definition) is 1. The van der Waals surface area contributed by atoms with Gasteiger partial charge in [-0.1, -0.05) is 31.4 Å². The standard InChI is InChI=1S/C15H21N/c1-3-5-8-13-10-11-14-9-6-7-12-16(14)15(13)4-2/h3-5,8,14H,1-2,6-7,9-12H2/b8-5-. The summed E-state index contributed by atoms with van der Waals surface area (Å²) < 4.78 is 0. The zero-order valence-electron chi connectivity index (χ0n) is 9.99. The van der Waals surface area contributed by atoms with Crippen LogP contribution in [-0.2, 0) is 0 Å². The molecule has 0 bridgehead atoms. The van der Waals surface area contributed by atoms with Crippen molar-refractivity contribution in [3.05, 3.63) is 48.7 Å². The van der Waals surface area contributed by atoms with E-state index in [2.05, 4.69) is 24.1 Å². The van der Waals surface area contributed by atoms with E-state index >= 15 is 0 Å². The first-order valence-electron chi connectivity index (χ1n) is 6.28. The minimum Gasteiger partial charge on any atom is -0.368 e. The third-order valence-corrected chi connectivity index (χ3v) is 3.64. The number of hydrogen-bond donors (Lipinski definition) is 0. The topological polar surface area (TPSA) is 3.24 Å². The lowest BCUT2D eigenvalue weighted by Crippen LogP contribution is -2.41. The molecular weight excluding hydrogens is 194 g/mol. The quantitative estimate of drug-likeness (QED) is 0.647. The molecule has 1 saturated heterocycles. The molecule has 0 aromatic heterocycles. The van der Waals surface area contributed by atoms with Gasteiger partial charge in [-0.3, -0.25) is 0 Å². The first kappa shape index (κ1) is 11.3. The number of fused-ring (bicyclic) bond motifs is 1. The van der Waals surface area contributed by atoms with Crippen molar-refractivity contribution in [1.29, 1.82) is 0 Å². The Kier molecular flexibility index (Phi) is 3.66. The van der Waals surface area contributed by atoms with E-state index < -0.39 is 0 Å². The lowest BCUT2D eigenvalue weighted by atomic mass is 9.89. The minimum atomic E-state index is 0.766. The summed E-state index contributed by atoms with van der Waals surface area (Å²) >= 11 is 0. The fourth-order valence-electron chi connectivity index (χ4n) is 2.85. The molecule has 1 nitrogen and oxygen atoms in total. The van der Waals surface area contributed by atoms with Crippen molar-refractivity contribution in [2.24, 2.45) is 0 Å². The molecule has 0 aliphatic carbocycles. The maximum Gasteiger partial charge on any atom is 0.0395 e. The number of piperidine rings is 1. The summed E-state index contributed by atoms with van der Waals surface area (Å²) in [6.45, 7) is 8.91. The number of allylic oxidation sites excluding steroid dienone is 5. The van der Waals surface area contributed by atoms with Gasteiger partial charge in [0.1, 0.15) is 0 Å². The van der Waals surface area contributed by atoms with E-state index in [1.807, 2.05) is 18.2 Å². The second-order valence-electron chi connectivity index (χ2n) is 4.59. The molecule has 2 rings (SSSR count). The van der Waals surface area contributed by atoms with E-state index in [0.717, 1.165) is 6.04 Å². The van der Waals surface area contributed by atoms with Crippen LogP contribution in [0.5, 0.6) is 0 Å². The van der Waals surface area contributed by atoms with Gasteiger partial charge in [0, 0.05) is 18.3 Å². The van der Waals surface area contributed by atoms with Crippen molar-refractivity contribution >= 4 is 0 Å². The Morgan fingerprint density at radius 2 is 2.06 bits per heavy atom. The molecule has 1 atom stereocenters. The maximum atomic E-state index is 3.97. The lowest BCUT2D eigenvalue weighted by Gasteiger charge is -2.42. The highest BCUT2D eigenvalue weighted by Crippen LogP contribution is 2.33. The van der Waals surface area contributed by atoms with Gasteiger partial charge in [-0.05, 0) is 43.8 Å². The van der Waals surface area contributed by atoms with E-state index in [4.69, 9.17) is 0 Å². The van der Waals surface area contributed by atoms with Gasteiger partial charge in [-0.2, -0.15) is 0 Å². The van der Waals surface area contributed by atoms with Gasteiger partial charge in [0.05, 0.1) is 0 Å². The van der Waals surface area contributed by atoms with Crippen LogP contribution >= 0.6 is 0 Å². The Morgan fingerprint density at radius 1 is 1.19 bits per heavy atom. The van der Waals surface area contributed by atoms with Crippen molar-refractivity contribution in [3.63, 3.8) is 0 Å². The molecule has 0 radical (unpaired) electrons. The molecule has 2 aliphatic rings. The molecule has 0 amide bonds. The Bertz CT molecular complexity index is 335. The normalized spacial score (nSPS) is 25.8. The SMILES string of the molecule is C=C/C=C\C1=C(C=C)N2CCCCC2CC1. The molecule has 2 heterocycles. The average molecular weight is 215 g/mol. The molecule has 1 unspecified atom stereocenters. The van der Waals surface area contributed by atoms with Gasteiger partial charge in [0.15, 0.2) is 0 Å². The van der Waals surface area contributed by atoms with Crippen LogP contribution in [0.25, 0.3) is 0 Å². The molecule has 0 aromatic rings. The molecule has 0 N–H and O–H groups in total. The van der Waals surface area contributed by atoms with Crippen LogP contribution in [0.3, 0.4) is 0 Å². The Labute approximate surface area is 98.8 Å². The minimum absolute atomic E-state index is 0.766. The Hall–Kier alpha value is -1.24. The van der Waals surface area contributed by atoms with E-state index in [0.29, 0.717) is 0 Å². The van der Waals surface area contributed by atoms with Crippen LogP contribution in [0, 0.1) is 0 Å². The van der Waals surface area contributed by atoms with Crippen molar-refractivity contribution < 1.29 is 0 Å². The molecule has 1 heteroatoms. The molecule has 0 spiro atoms. The van der Waals surface area contributed by atoms with Crippen molar-refractivity contribution in [1.82, 2.24) is 4.90 Å². The highest BCUT2D eigenvalue weighted by molar-refractivity contribution is 5.35. The highest BCUT2D eigenvalue weighted by Gasteiger charge is 2.27. The molecular formula is C15H21N. The molecule has 2 aliphatic heterocycles. The van der Waals surface area contributed by atoms with Crippen LogP contribution in [0.1, 0.15) is 32.1 Å². The summed E-state index contributed by atoms with van der Waals surface area (Å²) in [6.07, 6.45) is 14.7. The summed E-state index contributed by atoms with van der Waals surface area (Å²) in [7, 11) is 0. The van der Waals surface area contributed by atoms with E-state index in [1.165, 1.54) is 49.9 Å². The van der Waals surface area contributed by atoms with Crippen molar-refractivity contribution in [3.8, 4) is 0 Å². The fourth-order valence-corrected chi connectivity index (χ4v) is 2.85. The summed E-state index contributed by atoms with van der Waals surface area (Å²) in [5.74, 6) is 0.